The van der Waals surface area contributed by atoms with Crippen molar-refractivity contribution in [3.8, 4) is 0 Å². The fourth-order valence-electron chi connectivity index (χ4n) is 2.55. The third-order valence-electron chi connectivity index (χ3n) is 3.72. The van der Waals surface area contributed by atoms with Crippen molar-refractivity contribution in [1.82, 2.24) is 15.3 Å². The monoisotopic (exact) mass is 263 g/mol. The first-order valence-electron chi connectivity index (χ1n) is 7.01. The van der Waals surface area contributed by atoms with Crippen molar-refractivity contribution in [3.63, 3.8) is 0 Å². The molecule has 0 radical (unpaired) electrons. The van der Waals surface area contributed by atoms with E-state index in [-0.39, 0.29) is 0 Å². The molecule has 3 heterocycles. The van der Waals surface area contributed by atoms with Crippen molar-refractivity contribution in [1.29, 1.82) is 0 Å². The van der Waals surface area contributed by atoms with E-state index >= 15 is 0 Å². The normalized spacial score (nSPS) is 23.6. The van der Waals surface area contributed by atoms with Crippen molar-refractivity contribution in [2.24, 2.45) is 5.92 Å². The maximum Gasteiger partial charge on any atom is 0.134 e. The quantitative estimate of drug-likeness (QED) is 0.816. The molecule has 1 aromatic heterocycles. The molecule has 1 atom stereocenters. The first-order valence-corrected chi connectivity index (χ1v) is 7.01. The molecule has 2 aliphatic rings. The molecule has 0 aromatic carbocycles. The maximum absolute atomic E-state index is 5.36. The van der Waals surface area contributed by atoms with Gasteiger partial charge in [0.15, 0.2) is 0 Å². The molecule has 0 spiro atoms. The first kappa shape index (κ1) is 12.6. The van der Waals surface area contributed by atoms with Crippen LogP contribution in [-0.4, -0.2) is 55.9 Å². The van der Waals surface area contributed by atoms with Gasteiger partial charge in [-0.1, -0.05) is 0 Å². The Bertz CT molecular complexity index is 402. The van der Waals surface area contributed by atoms with E-state index < -0.39 is 0 Å². The summed E-state index contributed by atoms with van der Waals surface area (Å²) in [7, 11) is 0. The fourth-order valence-corrected chi connectivity index (χ4v) is 2.55. The van der Waals surface area contributed by atoms with E-state index in [4.69, 9.17) is 4.74 Å². The lowest BCUT2D eigenvalue weighted by Gasteiger charge is -2.27. The Balaban J connectivity index is 1.58. The minimum Gasteiger partial charge on any atom is -0.378 e. The van der Waals surface area contributed by atoms with Gasteiger partial charge in [-0.05, 0) is 25.4 Å². The molecule has 2 saturated heterocycles. The van der Waals surface area contributed by atoms with Crippen LogP contribution in [0, 0.1) is 5.92 Å². The van der Waals surface area contributed by atoms with Crippen LogP contribution < -0.4 is 15.5 Å². The predicted molar refractivity (Wildman–Crippen MR) is 74.5 cm³/mol. The molecule has 0 aliphatic carbocycles. The molecule has 6 heteroatoms. The lowest BCUT2D eigenvalue weighted by atomic mass is 10.1. The van der Waals surface area contributed by atoms with Crippen molar-refractivity contribution < 1.29 is 4.74 Å². The standard InChI is InChI=1S/C13H21N5O/c1-2-14-8-11(1)9-15-12-7-13(17-10-16-12)18-3-5-19-6-4-18/h7,10-11,14H,1-6,8-9H2,(H,15,16,17). The molecule has 2 N–H and O–H groups in total. The van der Waals surface area contributed by atoms with Gasteiger partial charge in [0, 0.05) is 25.7 Å². The summed E-state index contributed by atoms with van der Waals surface area (Å²) >= 11 is 0. The summed E-state index contributed by atoms with van der Waals surface area (Å²) in [5, 5.41) is 6.79. The number of hydrogen-bond acceptors (Lipinski definition) is 6. The molecular weight excluding hydrogens is 242 g/mol. The van der Waals surface area contributed by atoms with Gasteiger partial charge in [-0.15, -0.1) is 0 Å². The fraction of sp³-hybridized carbons (Fsp3) is 0.692. The number of anilines is 2. The number of ether oxygens (including phenoxy) is 1. The summed E-state index contributed by atoms with van der Waals surface area (Å²) in [4.78, 5) is 10.9. The van der Waals surface area contributed by atoms with Crippen molar-refractivity contribution in [3.05, 3.63) is 12.4 Å². The van der Waals surface area contributed by atoms with Crippen LogP contribution in [0.4, 0.5) is 11.6 Å². The van der Waals surface area contributed by atoms with Crippen molar-refractivity contribution in [2.75, 3.05) is 56.2 Å². The minimum absolute atomic E-state index is 0.710. The molecule has 3 rings (SSSR count). The SMILES string of the molecule is c1nc(NCC2CCNC2)cc(N2CCOCC2)n1. The Morgan fingerprint density at radius 1 is 1.37 bits per heavy atom. The Hall–Kier alpha value is -1.40. The second kappa shape index (κ2) is 6.16. The van der Waals surface area contributed by atoms with Gasteiger partial charge in [-0.2, -0.15) is 0 Å². The molecule has 1 aromatic rings. The van der Waals surface area contributed by atoms with Gasteiger partial charge in [0.1, 0.15) is 18.0 Å². The van der Waals surface area contributed by atoms with Gasteiger partial charge in [-0.3, -0.25) is 0 Å². The zero-order chi connectivity index (χ0) is 12.9. The van der Waals surface area contributed by atoms with Crippen molar-refractivity contribution >= 4 is 11.6 Å². The van der Waals surface area contributed by atoms with Crippen LogP contribution in [0.25, 0.3) is 0 Å². The highest BCUT2D eigenvalue weighted by Gasteiger charge is 2.15. The van der Waals surface area contributed by atoms with E-state index in [0.717, 1.165) is 57.6 Å². The van der Waals surface area contributed by atoms with Gasteiger partial charge >= 0.3 is 0 Å². The molecule has 2 aliphatic heterocycles. The topological polar surface area (TPSA) is 62.3 Å². The number of rotatable bonds is 4. The largest absolute Gasteiger partial charge is 0.378 e. The van der Waals surface area contributed by atoms with Gasteiger partial charge in [0.05, 0.1) is 13.2 Å². The average Bonchev–Trinajstić information content (AvgIpc) is 3.00. The average molecular weight is 263 g/mol. The van der Waals surface area contributed by atoms with Crippen LogP contribution in [0.2, 0.25) is 0 Å². The van der Waals surface area contributed by atoms with Gasteiger partial charge < -0.3 is 20.3 Å². The van der Waals surface area contributed by atoms with Crippen LogP contribution in [0.1, 0.15) is 6.42 Å². The van der Waals surface area contributed by atoms with E-state index in [1.165, 1.54) is 6.42 Å². The van der Waals surface area contributed by atoms with Crippen LogP contribution in [0.15, 0.2) is 12.4 Å². The molecular formula is C13H21N5O. The molecule has 6 nitrogen and oxygen atoms in total. The third kappa shape index (κ3) is 3.33. The second-order valence-corrected chi connectivity index (χ2v) is 5.10. The molecule has 0 saturated carbocycles. The maximum atomic E-state index is 5.36. The van der Waals surface area contributed by atoms with Gasteiger partial charge in [0.2, 0.25) is 0 Å². The predicted octanol–water partition coefficient (Wildman–Crippen LogP) is 0.335. The molecule has 104 valence electrons. The van der Waals surface area contributed by atoms with E-state index in [1.807, 2.05) is 6.07 Å². The smallest absolute Gasteiger partial charge is 0.134 e. The Labute approximate surface area is 113 Å². The first-order chi connectivity index (χ1) is 9.42. The van der Waals surface area contributed by atoms with Crippen LogP contribution in [0.5, 0.6) is 0 Å². The Kier molecular flexibility index (Phi) is 4.10. The van der Waals surface area contributed by atoms with Crippen molar-refractivity contribution in [2.45, 2.75) is 6.42 Å². The van der Waals surface area contributed by atoms with E-state index in [0.29, 0.717) is 5.92 Å². The number of nitrogens with zero attached hydrogens (tertiary/aromatic N) is 3. The van der Waals surface area contributed by atoms with Crippen LogP contribution in [0.3, 0.4) is 0 Å². The molecule has 0 bridgehead atoms. The summed E-state index contributed by atoms with van der Waals surface area (Å²) in [5.41, 5.74) is 0. The number of aromatic nitrogens is 2. The number of hydrogen-bond donors (Lipinski definition) is 2. The summed E-state index contributed by atoms with van der Waals surface area (Å²) in [6.45, 7) is 6.59. The van der Waals surface area contributed by atoms with E-state index in [1.54, 1.807) is 6.33 Å². The summed E-state index contributed by atoms with van der Waals surface area (Å²) in [5.74, 6) is 2.62. The van der Waals surface area contributed by atoms with Gasteiger partial charge in [-0.25, -0.2) is 9.97 Å². The third-order valence-corrected chi connectivity index (χ3v) is 3.72. The minimum atomic E-state index is 0.710. The number of nitrogens with one attached hydrogen (secondary N) is 2. The Morgan fingerprint density at radius 3 is 3.05 bits per heavy atom. The second-order valence-electron chi connectivity index (χ2n) is 5.10. The molecule has 2 fully saturated rings. The Morgan fingerprint density at radius 2 is 2.26 bits per heavy atom. The highest BCUT2D eigenvalue weighted by atomic mass is 16.5. The molecule has 1 unspecified atom stereocenters. The zero-order valence-corrected chi connectivity index (χ0v) is 11.1. The summed E-state index contributed by atoms with van der Waals surface area (Å²) in [6, 6.07) is 2.04. The van der Waals surface area contributed by atoms with E-state index in [9.17, 15) is 0 Å². The lowest BCUT2D eigenvalue weighted by Crippen LogP contribution is -2.36. The van der Waals surface area contributed by atoms with Crippen LogP contribution in [-0.2, 0) is 4.74 Å². The number of morpholine rings is 1. The molecule has 19 heavy (non-hydrogen) atoms. The highest BCUT2D eigenvalue weighted by Crippen LogP contribution is 2.16. The zero-order valence-electron chi connectivity index (χ0n) is 11.1. The lowest BCUT2D eigenvalue weighted by molar-refractivity contribution is 0.122. The highest BCUT2D eigenvalue weighted by molar-refractivity contribution is 5.48. The van der Waals surface area contributed by atoms with Gasteiger partial charge in [0.25, 0.3) is 0 Å². The summed E-state index contributed by atoms with van der Waals surface area (Å²) in [6.07, 6.45) is 2.88. The van der Waals surface area contributed by atoms with E-state index in [2.05, 4.69) is 25.5 Å². The molecule has 0 amide bonds. The van der Waals surface area contributed by atoms with Crippen LogP contribution >= 0.6 is 0 Å². The summed E-state index contributed by atoms with van der Waals surface area (Å²) < 4.78 is 5.36.